The van der Waals surface area contributed by atoms with E-state index in [4.69, 9.17) is 9.66 Å². The molecule has 6 heteroatoms. The molecule has 0 bridgehead atoms. The number of rotatable bonds is 4. The molecule has 0 unspecified atom stereocenters. The van der Waals surface area contributed by atoms with Crippen LogP contribution in [0.5, 0.6) is 0 Å². The van der Waals surface area contributed by atoms with Crippen LogP contribution in [-0.2, 0) is 27.8 Å². The number of aliphatic hydroxyl groups excluding tert-OH is 1. The summed E-state index contributed by atoms with van der Waals surface area (Å²) in [7, 11) is -4.40. The highest BCUT2D eigenvalue weighted by molar-refractivity contribution is 7.80. The van der Waals surface area contributed by atoms with Gasteiger partial charge >= 0.3 is 10.4 Å². The normalized spacial score (nSPS) is 11.6. The van der Waals surface area contributed by atoms with E-state index in [1.165, 1.54) is 0 Å². The van der Waals surface area contributed by atoms with E-state index >= 15 is 0 Å². The van der Waals surface area contributed by atoms with Gasteiger partial charge in [-0.3, -0.25) is 4.55 Å². The minimum Gasteiger partial charge on any atom is -0.392 e. The maximum Gasteiger partial charge on any atom is 0.397 e. The average molecular weight is 218 g/mol. The van der Waals surface area contributed by atoms with Crippen LogP contribution in [-0.4, -0.2) is 18.1 Å². The van der Waals surface area contributed by atoms with E-state index in [1.54, 1.807) is 24.3 Å². The zero-order valence-corrected chi connectivity index (χ0v) is 8.07. The van der Waals surface area contributed by atoms with Crippen LogP contribution in [0.4, 0.5) is 0 Å². The van der Waals surface area contributed by atoms with Crippen molar-refractivity contribution in [2.24, 2.45) is 0 Å². The Kier molecular flexibility index (Phi) is 3.59. The third-order valence-corrected chi connectivity index (χ3v) is 1.96. The van der Waals surface area contributed by atoms with Crippen LogP contribution in [0.15, 0.2) is 24.3 Å². The first-order chi connectivity index (χ1) is 6.51. The molecule has 0 fully saturated rings. The van der Waals surface area contributed by atoms with Gasteiger partial charge in [0.1, 0.15) is 0 Å². The van der Waals surface area contributed by atoms with Crippen molar-refractivity contribution in [1.29, 1.82) is 0 Å². The van der Waals surface area contributed by atoms with Crippen molar-refractivity contribution in [2.45, 2.75) is 13.2 Å². The van der Waals surface area contributed by atoms with Gasteiger partial charge in [0.2, 0.25) is 0 Å². The quantitative estimate of drug-likeness (QED) is 0.719. The highest BCUT2D eigenvalue weighted by Crippen LogP contribution is 2.07. The van der Waals surface area contributed by atoms with E-state index in [9.17, 15) is 8.42 Å². The standard InChI is InChI=1S/C8H10O5S/c9-5-7-2-1-3-8(4-7)6-13-14(10,11)12/h1-4,9H,5-6H2,(H,10,11,12). The second kappa shape index (κ2) is 4.52. The van der Waals surface area contributed by atoms with Gasteiger partial charge in [-0.2, -0.15) is 8.42 Å². The molecule has 0 amide bonds. The SMILES string of the molecule is O=S(=O)(O)OCc1cccc(CO)c1. The van der Waals surface area contributed by atoms with E-state index < -0.39 is 10.4 Å². The first-order valence-electron chi connectivity index (χ1n) is 3.82. The van der Waals surface area contributed by atoms with Gasteiger partial charge in [-0.15, -0.1) is 0 Å². The molecule has 0 spiro atoms. The summed E-state index contributed by atoms with van der Waals surface area (Å²) in [5.74, 6) is 0. The third kappa shape index (κ3) is 3.84. The summed E-state index contributed by atoms with van der Waals surface area (Å²) in [6, 6.07) is 6.57. The lowest BCUT2D eigenvalue weighted by Crippen LogP contribution is -2.03. The van der Waals surface area contributed by atoms with Crippen LogP contribution < -0.4 is 0 Å². The van der Waals surface area contributed by atoms with Crippen LogP contribution in [0.25, 0.3) is 0 Å². The predicted octanol–water partition coefficient (Wildman–Crippen LogP) is 0.498. The van der Waals surface area contributed by atoms with Gasteiger partial charge in [-0.1, -0.05) is 24.3 Å². The van der Waals surface area contributed by atoms with E-state index in [-0.39, 0.29) is 13.2 Å². The van der Waals surface area contributed by atoms with Gasteiger partial charge in [-0.05, 0) is 11.1 Å². The molecule has 0 aliphatic rings. The van der Waals surface area contributed by atoms with Crippen LogP contribution in [0.3, 0.4) is 0 Å². The molecule has 1 aromatic carbocycles. The van der Waals surface area contributed by atoms with Crippen molar-refractivity contribution in [1.82, 2.24) is 0 Å². The number of hydrogen-bond donors (Lipinski definition) is 2. The molecule has 1 aromatic rings. The highest BCUT2D eigenvalue weighted by Gasteiger charge is 2.04. The second-order valence-corrected chi connectivity index (χ2v) is 3.76. The van der Waals surface area contributed by atoms with Crippen LogP contribution >= 0.6 is 0 Å². The lowest BCUT2D eigenvalue weighted by molar-refractivity contribution is 0.258. The molecule has 2 N–H and O–H groups in total. The summed E-state index contributed by atoms with van der Waals surface area (Å²) in [6.45, 7) is -0.369. The summed E-state index contributed by atoms with van der Waals surface area (Å²) in [5.41, 5.74) is 1.22. The highest BCUT2D eigenvalue weighted by atomic mass is 32.3. The lowest BCUT2D eigenvalue weighted by Gasteiger charge is -2.02. The molecular formula is C8H10O5S. The zero-order chi connectivity index (χ0) is 10.6. The first kappa shape index (κ1) is 11.1. The second-order valence-electron chi connectivity index (χ2n) is 2.67. The molecule has 0 radical (unpaired) electrons. The Balaban J connectivity index is 2.68. The number of benzene rings is 1. The molecule has 5 nitrogen and oxygen atoms in total. The fourth-order valence-corrected chi connectivity index (χ4v) is 1.25. The van der Waals surface area contributed by atoms with Crippen LogP contribution in [0.2, 0.25) is 0 Å². The summed E-state index contributed by atoms with van der Waals surface area (Å²) in [4.78, 5) is 0. The molecule has 0 aromatic heterocycles. The largest absolute Gasteiger partial charge is 0.397 e. The Bertz CT molecular complexity index is 398. The summed E-state index contributed by atoms with van der Waals surface area (Å²) >= 11 is 0. The van der Waals surface area contributed by atoms with Gasteiger partial charge in [-0.25, -0.2) is 4.18 Å². The fraction of sp³-hybridized carbons (Fsp3) is 0.250. The van der Waals surface area contributed by atoms with Gasteiger partial charge in [0.25, 0.3) is 0 Å². The van der Waals surface area contributed by atoms with Crippen molar-refractivity contribution >= 4 is 10.4 Å². The maximum atomic E-state index is 10.2. The maximum absolute atomic E-state index is 10.2. The third-order valence-electron chi connectivity index (χ3n) is 1.55. The summed E-state index contributed by atoms with van der Waals surface area (Å²) < 4.78 is 33.0. The summed E-state index contributed by atoms with van der Waals surface area (Å²) in [5, 5.41) is 8.78. The van der Waals surface area contributed by atoms with Crippen molar-refractivity contribution in [2.75, 3.05) is 0 Å². The summed E-state index contributed by atoms with van der Waals surface area (Å²) in [6.07, 6.45) is 0. The van der Waals surface area contributed by atoms with Crippen molar-refractivity contribution < 1.29 is 22.3 Å². The molecule has 0 saturated carbocycles. The monoisotopic (exact) mass is 218 g/mol. The van der Waals surface area contributed by atoms with Crippen molar-refractivity contribution in [3.8, 4) is 0 Å². The molecule has 1 rings (SSSR count). The number of aliphatic hydroxyl groups is 1. The van der Waals surface area contributed by atoms with Crippen molar-refractivity contribution in [3.63, 3.8) is 0 Å². The predicted molar refractivity (Wildman–Crippen MR) is 48.7 cm³/mol. The first-order valence-corrected chi connectivity index (χ1v) is 5.18. The van der Waals surface area contributed by atoms with Gasteiger partial charge in [0.15, 0.2) is 0 Å². The Morgan fingerprint density at radius 3 is 2.50 bits per heavy atom. The molecule has 0 aliphatic carbocycles. The van der Waals surface area contributed by atoms with Crippen molar-refractivity contribution in [3.05, 3.63) is 35.4 Å². The Labute approximate surface area is 81.9 Å². The fourth-order valence-electron chi connectivity index (χ4n) is 0.960. The van der Waals surface area contributed by atoms with Crippen LogP contribution in [0.1, 0.15) is 11.1 Å². The zero-order valence-electron chi connectivity index (χ0n) is 7.25. The van der Waals surface area contributed by atoms with E-state index in [1.807, 2.05) is 0 Å². The van der Waals surface area contributed by atoms with E-state index in [0.717, 1.165) is 0 Å². The van der Waals surface area contributed by atoms with Gasteiger partial charge < -0.3 is 5.11 Å². The lowest BCUT2D eigenvalue weighted by atomic mass is 10.1. The van der Waals surface area contributed by atoms with Crippen LogP contribution in [0, 0.1) is 0 Å². The molecular weight excluding hydrogens is 208 g/mol. The number of hydrogen-bond acceptors (Lipinski definition) is 4. The molecule has 0 heterocycles. The minimum atomic E-state index is -4.40. The van der Waals surface area contributed by atoms with Gasteiger partial charge in [0, 0.05) is 0 Å². The molecule has 0 atom stereocenters. The van der Waals surface area contributed by atoms with E-state index in [0.29, 0.717) is 11.1 Å². The Morgan fingerprint density at radius 1 is 1.29 bits per heavy atom. The van der Waals surface area contributed by atoms with E-state index in [2.05, 4.69) is 4.18 Å². The topological polar surface area (TPSA) is 83.8 Å². The average Bonchev–Trinajstić information content (AvgIpc) is 2.14. The Morgan fingerprint density at radius 2 is 1.93 bits per heavy atom. The Hall–Kier alpha value is -0.950. The molecule has 0 saturated heterocycles. The van der Waals surface area contributed by atoms with Gasteiger partial charge in [0.05, 0.1) is 13.2 Å². The molecule has 14 heavy (non-hydrogen) atoms. The minimum absolute atomic E-state index is 0.125. The molecule has 78 valence electrons. The molecule has 0 aliphatic heterocycles. The smallest absolute Gasteiger partial charge is 0.392 e.